The lowest BCUT2D eigenvalue weighted by Gasteiger charge is -2.17. The van der Waals surface area contributed by atoms with Gasteiger partial charge in [0.05, 0.1) is 6.61 Å². The molecule has 0 spiro atoms. The van der Waals surface area contributed by atoms with Gasteiger partial charge in [-0.15, -0.1) is 0 Å². The molecule has 0 saturated heterocycles. The van der Waals surface area contributed by atoms with Crippen LogP contribution in [0.25, 0.3) is 0 Å². The highest BCUT2D eigenvalue weighted by Crippen LogP contribution is 2.17. The van der Waals surface area contributed by atoms with Crippen LogP contribution in [-0.4, -0.2) is 37.4 Å². The van der Waals surface area contributed by atoms with Gasteiger partial charge in [-0.2, -0.15) is 0 Å². The van der Waals surface area contributed by atoms with Crippen molar-refractivity contribution in [2.75, 3.05) is 26.3 Å². The highest BCUT2D eigenvalue weighted by Gasteiger charge is 2.06. The molecule has 1 aromatic carbocycles. The number of rotatable bonds is 5. The number of para-hydroxylation sites is 1. The lowest BCUT2D eigenvalue weighted by atomic mass is 10.2. The predicted molar refractivity (Wildman–Crippen MR) is 70.8 cm³/mol. The number of aliphatic imine (C=N–C) groups is 1. The molecule has 1 aromatic rings. The van der Waals surface area contributed by atoms with Gasteiger partial charge in [0.2, 0.25) is 0 Å². The van der Waals surface area contributed by atoms with Gasteiger partial charge in [0, 0.05) is 25.2 Å². The lowest BCUT2D eigenvalue weighted by Crippen LogP contribution is -2.40. The van der Waals surface area contributed by atoms with E-state index in [1.807, 2.05) is 24.3 Å². The summed E-state index contributed by atoms with van der Waals surface area (Å²) in [6.07, 6.45) is 1.08. The van der Waals surface area contributed by atoms with Crippen LogP contribution < -0.4 is 15.4 Å². The minimum atomic E-state index is 0.0238. The molecule has 0 unspecified atom stereocenters. The Balaban J connectivity index is 1.93. The summed E-state index contributed by atoms with van der Waals surface area (Å²) in [5, 5.41) is 15.2. The van der Waals surface area contributed by atoms with E-state index in [2.05, 4.69) is 15.6 Å². The molecule has 2 rings (SSSR count). The Morgan fingerprint density at radius 2 is 2.28 bits per heavy atom. The fourth-order valence-electron chi connectivity index (χ4n) is 1.78. The van der Waals surface area contributed by atoms with Crippen molar-refractivity contribution in [1.82, 2.24) is 10.6 Å². The van der Waals surface area contributed by atoms with E-state index in [1.165, 1.54) is 0 Å². The van der Waals surface area contributed by atoms with Gasteiger partial charge in [-0.25, -0.2) is 0 Å². The van der Waals surface area contributed by atoms with E-state index in [9.17, 15) is 0 Å². The maximum Gasteiger partial charge on any atom is 0.191 e. The van der Waals surface area contributed by atoms with Gasteiger partial charge in [0.15, 0.2) is 5.96 Å². The topological polar surface area (TPSA) is 65.9 Å². The number of hydrogen-bond donors (Lipinski definition) is 3. The van der Waals surface area contributed by atoms with Gasteiger partial charge in [-0.3, -0.25) is 4.99 Å². The maximum absolute atomic E-state index is 8.78. The minimum absolute atomic E-state index is 0.0238. The monoisotopic (exact) mass is 249 g/mol. The van der Waals surface area contributed by atoms with E-state index in [0.29, 0.717) is 13.2 Å². The molecule has 1 aliphatic rings. The third-order valence-electron chi connectivity index (χ3n) is 2.66. The van der Waals surface area contributed by atoms with Crippen LogP contribution in [0.4, 0.5) is 0 Å². The van der Waals surface area contributed by atoms with E-state index in [-0.39, 0.29) is 6.61 Å². The van der Waals surface area contributed by atoms with Crippen LogP contribution in [-0.2, 0) is 6.54 Å². The van der Waals surface area contributed by atoms with Crippen molar-refractivity contribution in [2.45, 2.75) is 13.0 Å². The first-order valence-corrected chi connectivity index (χ1v) is 6.24. The smallest absolute Gasteiger partial charge is 0.191 e. The average molecular weight is 249 g/mol. The van der Waals surface area contributed by atoms with Gasteiger partial charge in [0.1, 0.15) is 12.4 Å². The van der Waals surface area contributed by atoms with Crippen molar-refractivity contribution >= 4 is 5.96 Å². The fourth-order valence-corrected chi connectivity index (χ4v) is 1.78. The average Bonchev–Trinajstić information content (AvgIpc) is 2.45. The molecule has 0 radical (unpaired) electrons. The first-order chi connectivity index (χ1) is 8.90. The third-order valence-corrected chi connectivity index (χ3v) is 2.66. The number of hydrogen-bond acceptors (Lipinski definition) is 5. The summed E-state index contributed by atoms with van der Waals surface area (Å²) in [7, 11) is 0. The van der Waals surface area contributed by atoms with Crippen LogP contribution in [0.15, 0.2) is 29.3 Å². The van der Waals surface area contributed by atoms with Crippen LogP contribution in [0.3, 0.4) is 0 Å². The summed E-state index contributed by atoms with van der Waals surface area (Å²) >= 11 is 0. The van der Waals surface area contributed by atoms with Gasteiger partial charge < -0.3 is 20.5 Å². The van der Waals surface area contributed by atoms with Crippen LogP contribution in [0.5, 0.6) is 5.75 Å². The maximum atomic E-state index is 8.78. The zero-order chi connectivity index (χ0) is 12.6. The Morgan fingerprint density at radius 1 is 1.39 bits per heavy atom. The Bertz CT molecular complexity index is 407. The molecular weight excluding hydrogens is 230 g/mol. The van der Waals surface area contributed by atoms with E-state index < -0.39 is 0 Å². The molecule has 0 fully saturated rings. The molecular formula is C13H19N3O2. The van der Waals surface area contributed by atoms with Crippen LogP contribution in [0.1, 0.15) is 12.0 Å². The quantitative estimate of drug-likeness (QED) is 0.711. The minimum Gasteiger partial charge on any atom is -0.491 e. The molecule has 18 heavy (non-hydrogen) atoms. The summed E-state index contributed by atoms with van der Waals surface area (Å²) in [6, 6.07) is 7.80. The molecule has 0 saturated carbocycles. The Hall–Kier alpha value is -1.75. The molecule has 1 aliphatic heterocycles. The standard InChI is InChI=1S/C13H19N3O2/c17-8-9-18-12-5-2-1-4-11(12)10-16-13-14-6-3-7-15-13/h1-2,4-5,17H,3,6-10H2,(H2,14,15,16). The lowest BCUT2D eigenvalue weighted by molar-refractivity contribution is 0.200. The van der Waals surface area contributed by atoms with Crippen molar-refractivity contribution < 1.29 is 9.84 Å². The molecule has 5 nitrogen and oxygen atoms in total. The van der Waals surface area contributed by atoms with E-state index in [0.717, 1.165) is 36.8 Å². The first kappa shape index (κ1) is 12.7. The van der Waals surface area contributed by atoms with Gasteiger partial charge in [-0.1, -0.05) is 18.2 Å². The van der Waals surface area contributed by atoms with Crippen LogP contribution in [0, 0.1) is 0 Å². The highest BCUT2D eigenvalue weighted by molar-refractivity contribution is 5.80. The second kappa shape index (κ2) is 6.86. The second-order valence-electron chi connectivity index (χ2n) is 4.04. The van der Waals surface area contributed by atoms with Crippen molar-refractivity contribution in [2.24, 2.45) is 4.99 Å². The number of nitrogens with zero attached hydrogens (tertiary/aromatic N) is 1. The summed E-state index contributed by atoms with van der Waals surface area (Å²) < 4.78 is 5.48. The SMILES string of the molecule is OCCOc1ccccc1CNC1=NCCCN1. The normalized spacial score (nSPS) is 14.6. The van der Waals surface area contributed by atoms with Gasteiger partial charge >= 0.3 is 0 Å². The summed E-state index contributed by atoms with van der Waals surface area (Å²) in [5.74, 6) is 1.65. The molecule has 0 atom stereocenters. The number of ether oxygens (including phenoxy) is 1. The molecule has 1 heterocycles. The van der Waals surface area contributed by atoms with Crippen molar-refractivity contribution in [3.8, 4) is 5.75 Å². The number of aliphatic hydroxyl groups excluding tert-OH is 1. The predicted octanol–water partition coefficient (Wildman–Crippen LogP) is 0.497. The van der Waals surface area contributed by atoms with Crippen molar-refractivity contribution in [1.29, 1.82) is 0 Å². The second-order valence-corrected chi connectivity index (χ2v) is 4.04. The molecule has 0 aromatic heterocycles. The molecule has 3 N–H and O–H groups in total. The molecule has 5 heteroatoms. The molecule has 0 bridgehead atoms. The third kappa shape index (κ3) is 3.63. The van der Waals surface area contributed by atoms with Crippen molar-refractivity contribution in [3.05, 3.63) is 29.8 Å². The van der Waals surface area contributed by atoms with Crippen molar-refractivity contribution in [3.63, 3.8) is 0 Å². The van der Waals surface area contributed by atoms with E-state index in [1.54, 1.807) is 0 Å². The van der Waals surface area contributed by atoms with E-state index in [4.69, 9.17) is 9.84 Å². The number of nitrogens with one attached hydrogen (secondary N) is 2. The molecule has 0 aliphatic carbocycles. The number of aliphatic hydroxyl groups is 1. The number of guanidine groups is 1. The van der Waals surface area contributed by atoms with Crippen LogP contribution in [0.2, 0.25) is 0 Å². The summed E-state index contributed by atoms with van der Waals surface area (Å²) in [6.45, 7) is 2.84. The fraction of sp³-hybridized carbons (Fsp3) is 0.462. The zero-order valence-electron chi connectivity index (χ0n) is 10.4. The Kier molecular flexibility index (Phi) is 4.84. The molecule has 98 valence electrons. The number of benzene rings is 1. The first-order valence-electron chi connectivity index (χ1n) is 6.24. The zero-order valence-corrected chi connectivity index (χ0v) is 10.4. The van der Waals surface area contributed by atoms with Crippen LogP contribution >= 0.6 is 0 Å². The van der Waals surface area contributed by atoms with E-state index >= 15 is 0 Å². The summed E-state index contributed by atoms with van der Waals surface area (Å²) in [4.78, 5) is 4.35. The Labute approximate surface area is 107 Å². The van der Waals surface area contributed by atoms with Gasteiger partial charge in [-0.05, 0) is 12.5 Å². The highest BCUT2D eigenvalue weighted by atomic mass is 16.5. The largest absolute Gasteiger partial charge is 0.491 e. The summed E-state index contributed by atoms with van der Waals surface area (Å²) in [5.41, 5.74) is 1.06. The Morgan fingerprint density at radius 3 is 3.06 bits per heavy atom. The van der Waals surface area contributed by atoms with Gasteiger partial charge in [0.25, 0.3) is 0 Å². The molecule has 0 amide bonds.